The minimum Gasteiger partial charge on any atom is -1.00 e. The van der Waals surface area contributed by atoms with E-state index in [2.05, 4.69) is 0 Å². The Balaban J connectivity index is -0.0000000800. The summed E-state index contributed by atoms with van der Waals surface area (Å²) >= 11 is -7.18. The van der Waals surface area contributed by atoms with Crippen LogP contribution < -0.4 is 29.6 Å². The summed E-state index contributed by atoms with van der Waals surface area (Å²) in [6, 6.07) is 0. The smallest absolute Gasteiger partial charge is 1.00 e. The van der Waals surface area contributed by atoms with Crippen molar-refractivity contribution in [2.45, 2.75) is 0 Å². The Labute approximate surface area is 62.7 Å². The van der Waals surface area contributed by atoms with E-state index < -0.39 is 20.7 Å². The fourth-order valence-corrected chi connectivity index (χ4v) is 0. The van der Waals surface area contributed by atoms with Crippen LogP contribution in [-0.2, 0) is 0 Å². The number of rotatable bonds is 0. The van der Waals surface area contributed by atoms with Gasteiger partial charge in [0.1, 0.15) is 0 Å². The zero-order valence-corrected chi connectivity index (χ0v) is 7.87. The minimum absolute atomic E-state index is 0. The van der Waals surface area contributed by atoms with Gasteiger partial charge in [0, 0.05) is 0 Å². The van der Waals surface area contributed by atoms with E-state index >= 15 is 0 Å². The molecule has 0 spiro atoms. The summed E-state index contributed by atoms with van der Waals surface area (Å²) in [4.78, 5) is 0. The van der Waals surface area contributed by atoms with Crippen LogP contribution in [0.1, 0.15) is 1.43 Å². The summed E-state index contributed by atoms with van der Waals surface area (Å²) in [6.07, 6.45) is 0. The molecule has 0 saturated carbocycles. The zero-order valence-electron chi connectivity index (χ0n) is 4.01. The van der Waals surface area contributed by atoms with Crippen LogP contribution in [0, 0.1) is 0 Å². The van der Waals surface area contributed by atoms with Crippen molar-refractivity contribution >= 4 is 20.7 Å². The summed E-state index contributed by atoms with van der Waals surface area (Å²) in [5, 5.41) is 0. The molecule has 0 aliphatic rings. The summed E-state index contributed by atoms with van der Waals surface area (Å²) in [5.41, 5.74) is 0. The molecule has 0 N–H and O–H groups in total. The Hall–Kier alpha value is 1.52. The first-order chi connectivity index (χ1) is 2.00. The first-order valence-electron chi connectivity index (χ1n) is 0.756. The molecule has 0 aromatic rings. The predicted molar refractivity (Wildman–Crippen MR) is 11.3 cm³/mol. The van der Waals surface area contributed by atoms with Crippen LogP contribution in [0.5, 0.6) is 0 Å². The molecule has 0 radical (unpaired) electrons. The van der Waals surface area contributed by atoms with E-state index in [-0.39, 0.29) is 31.0 Å². The van der Waals surface area contributed by atoms with Gasteiger partial charge < -0.3 is 1.43 Å². The molecular formula is HF4NaSn. The SMILES string of the molecule is [F][Sn]([F])([F])[F].[H-].[Na+]. The molecule has 6 heteroatoms. The molecule has 0 nitrogen and oxygen atoms in total. The van der Waals surface area contributed by atoms with Gasteiger partial charge in [0.2, 0.25) is 0 Å². The Morgan fingerprint density at radius 1 is 1.00 bits per heavy atom. The average molecular weight is 219 g/mol. The second-order valence-corrected chi connectivity index (χ2v) is 2.87. The summed E-state index contributed by atoms with van der Waals surface area (Å²) in [5.74, 6) is 0. The maximum absolute atomic E-state index is 9.90. The quantitative estimate of drug-likeness (QED) is 0.340. The van der Waals surface area contributed by atoms with Gasteiger partial charge in [-0.3, -0.25) is 0 Å². The second kappa shape index (κ2) is 3.51. The van der Waals surface area contributed by atoms with Crippen molar-refractivity contribution in [3.8, 4) is 0 Å². The summed E-state index contributed by atoms with van der Waals surface area (Å²) < 4.78 is 39.6. The molecular weight excluding hydrogens is 218 g/mol. The van der Waals surface area contributed by atoms with Gasteiger partial charge in [-0.05, 0) is 0 Å². The molecule has 0 unspecified atom stereocenters. The molecule has 0 saturated heterocycles. The number of hydrogen-bond donors (Lipinski definition) is 0. The third kappa shape index (κ3) is 48.9. The monoisotopic (exact) mass is 220 g/mol. The molecule has 0 bridgehead atoms. The van der Waals surface area contributed by atoms with Gasteiger partial charge in [-0.1, -0.05) is 0 Å². The van der Waals surface area contributed by atoms with Gasteiger partial charge in [-0.25, -0.2) is 0 Å². The second-order valence-electron chi connectivity index (χ2n) is 0.429. The van der Waals surface area contributed by atoms with Gasteiger partial charge in [-0.15, -0.1) is 0 Å². The zero-order chi connectivity index (χ0) is 4.50. The van der Waals surface area contributed by atoms with Crippen LogP contribution in [0.15, 0.2) is 0 Å². The van der Waals surface area contributed by atoms with Crippen molar-refractivity contribution in [2.75, 3.05) is 0 Å². The Morgan fingerprint density at radius 2 is 1.00 bits per heavy atom. The fraction of sp³-hybridized carbons (Fsp3) is 0. The molecule has 0 aromatic heterocycles. The maximum atomic E-state index is 9.90. The van der Waals surface area contributed by atoms with Crippen molar-refractivity contribution < 1.29 is 42.5 Å². The van der Waals surface area contributed by atoms with Crippen molar-refractivity contribution in [3.05, 3.63) is 0 Å². The van der Waals surface area contributed by atoms with E-state index in [1.165, 1.54) is 0 Å². The third-order valence-electron chi connectivity index (χ3n) is 0. The first kappa shape index (κ1) is 10.5. The average Bonchev–Trinajstić information content (AvgIpc) is 0.722. The van der Waals surface area contributed by atoms with Gasteiger partial charge in [-0.2, -0.15) is 0 Å². The Kier molecular flexibility index (Phi) is 6.14. The summed E-state index contributed by atoms with van der Waals surface area (Å²) in [7, 11) is 0. The number of hydrogen-bond acceptors (Lipinski definition) is 0. The van der Waals surface area contributed by atoms with Crippen molar-refractivity contribution in [1.29, 1.82) is 0 Å². The number of halogens is 4. The molecule has 0 aromatic carbocycles. The summed E-state index contributed by atoms with van der Waals surface area (Å²) in [6.45, 7) is 0. The third-order valence-corrected chi connectivity index (χ3v) is 0. The molecule has 6 heavy (non-hydrogen) atoms. The van der Waals surface area contributed by atoms with E-state index in [1.807, 2.05) is 0 Å². The van der Waals surface area contributed by atoms with Crippen molar-refractivity contribution in [1.82, 2.24) is 0 Å². The van der Waals surface area contributed by atoms with Crippen LogP contribution in [0.4, 0.5) is 11.5 Å². The van der Waals surface area contributed by atoms with Gasteiger partial charge in [0.15, 0.2) is 0 Å². The fourth-order valence-electron chi connectivity index (χ4n) is 0. The predicted octanol–water partition coefficient (Wildman–Crippen LogP) is -1.58. The molecule has 0 amide bonds. The van der Waals surface area contributed by atoms with Crippen LogP contribution in [0.2, 0.25) is 0 Å². The van der Waals surface area contributed by atoms with E-state index in [9.17, 15) is 11.5 Å². The van der Waals surface area contributed by atoms with Crippen molar-refractivity contribution in [3.63, 3.8) is 0 Å². The van der Waals surface area contributed by atoms with Crippen LogP contribution in [0.25, 0.3) is 0 Å². The van der Waals surface area contributed by atoms with Gasteiger partial charge >= 0.3 is 61.7 Å². The molecule has 0 heterocycles. The van der Waals surface area contributed by atoms with Crippen LogP contribution in [-0.4, -0.2) is 20.7 Å². The standard InChI is InChI=1S/4FH.Na.Sn.H/h4*1H;;;/q;;;;+1;+4;-1/p-4. The van der Waals surface area contributed by atoms with Gasteiger partial charge in [0.05, 0.1) is 0 Å². The molecule has 0 aliphatic carbocycles. The van der Waals surface area contributed by atoms with E-state index in [4.69, 9.17) is 0 Å². The van der Waals surface area contributed by atoms with E-state index in [1.54, 1.807) is 0 Å². The van der Waals surface area contributed by atoms with Gasteiger partial charge in [0.25, 0.3) is 0 Å². The van der Waals surface area contributed by atoms with E-state index in [0.29, 0.717) is 0 Å². The minimum atomic E-state index is -7.18. The Bertz CT molecular complexity index is 27.2. The molecule has 0 fully saturated rings. The molecule has 0 atom stereocenters. The van der Waals surface area contributed by atoms with E-state index in [0.717, 1.165) is 0 Å². The molecule has 0 rings (SSSR count). The molecule has 0 aliphatic heterocycles. The maximum Gasteiger partial charge on any atom is 1.00 e. The molecule has 34 valence electrons. The largest absolute Gasteiger partial charge is 1.00 e. The van der Waals surface area contributed by atoms with Crippen molar-refractivity contribution in [2.24, 2.45) is 0 Å². The normalized spacial score (nSPS) is 10.0. The van der Waals surface area contributed by atoms with Crippen LogP contribution in [0.3, 0.4) is 0 Å². The first-order valence-corrected chi connectivity index (χ1v) is 5.07. The Morgan fingerprint density at radius 3 is 1.00 bits per heavy atom. The van der Waals surface area contributed by atoms with Crippen LogP contribution >= 0.6 is 0 Å². The topological polar surface area (TPSA) is 0 Å².